The Morgan fingerprint density at radius 2 is 2.05 bits per heavy atom. The third kappa shape index (κ3) is 2.57. The zero-order chi connectivity index (χ0) is 14.3. The fourth-order valence-electron chi connectivity index (χ4n) is 3.94. The lowest BCUT2D eigenvalue weighted by Crippen LogP contribution is -2.73. The highest BCUT2D eigenvalue weighted by atomic mass is 16.5. The van der Waals surface area contributed by atoms with E-state index in [9.17, 15) is 0 Å². The van der Waals surface area contributed by atoms with Gasteiger partial charge in [0.15, 0.2) is 0 Å². The van der Waals surface area contributed by atoms with Crippen molar-refractivity contribution in [1.29, 1.82) is 0 Å². The summed E-state index contributed by atoms with van der Waals surface area (Å²) in [6, 6.07) is 0.724. The van der Waals surface area contributed by atoms with E-state index in [0.717, 1.165) is 31.5 Å². The maximum Gasteiger partial charge on any atom is 0.0662 e. The molecule has 3 unspecified atom stereocenters. The Morgan fingerprint density at radius 1 is 1.37 bits per heavy atom. The third-order valence-electron chi connectivity index (χ3n) is 5.67. The smallest absolute Gasteiger partial charge is 0.0662 e. The number of ether oxygens (including phenoxy) is 1. The first kappa shape index (κ1) is 15.3. The largest absolute Gasteiger partial charge is 0.378 e. The molecule has 112 valence electrons. The molecule has 2 fully saturated rings. The van der Waals surface area contributed by atoms with E-state index in [1.54, 1.807) is 0 Å². The second-order valence-electron chi connectivity index (χ2n) is 7.45. The molecule has 0 aromatic heterocycles. The fraction of sp³-hybridized carbons (Fsp3) is 1.00. The third-order valence-corrected chi connectivity index (χ3v) is 5.67. The van der Waals surface area contributed by atoms with Crippen LogP contribution in [0.2, 0.25) is 0 Å². The van der Waals surface area contributed by atoms with Crippen molar-refractivity contribution in [2.24, 2.45) is 17.1 Å². The van der Waals surface area contributed by atoms with Crippen LogP contribution >= 0.6 is 0 Å². The molecule has 2 aliphatic rings. The van der Waals surface area contributed by atoms with E-state index < -0.39 is 0 Å². The maximum atomic E-state index is 6.72. The van der Waals surface area contributed by atoms with Crippen LogP contribution in [0.15, 0.2) is 0 Å². The lowest BCUT2D eigenvalue weighted by Gasteiger charge is -2.60. The minimum absolute atomic E-state index is 0.0791. The SMILES string of the molecule is CCOC1CC(N)(CN2CCCC2C(C)C)C1(C)C. The average Bonchev–Trinajstić information content (AvgIpc) is 2.77. The Bertz CT molecular complexity index is 316. The van der Waals surface area contributed by atoms with Gasteiger partial charge in [-0.1, -0.05) is 27.7 Å². The lowest BCUT2D eigenvalue weighted by molar-refractivity contribution is -0.157. The van der Waals surface area contributed by atoms with E-state index >= 15 is 0 Å². The second kappa shape index (κ2) is 5.34. The van der Waals surface area contributed by atoms with E-state index in [1.807, 2.05) is 0 Å². The van der Waals surface area contributed by atoms with Crippen LogP contribution in [0.25, 0.3) is 0 Å². The van der Waals surface area contributed by atoms with Gasteiger partial charge in [0.25, 0.3) is 0 Å². The van der Waals surface area contributed by atoms with Crippen molar-refractivity contribution in [2.45, 2.75) is 71.6 Å². The van der Waals surface area contributed by atoms with Crippen molar-refractivity contribution < 1.29 is 4.74 Å². The van der Waals surface area contributed by atoms with Crippen LogP contribution in [0, 0.1) is 11.3 Å². The van der Waals surface area contributed by atoms with Crippen molar-refractivity contribution in [3.63, 3.8) is 0 Å². The van der Waals surface area contributed by atoms with E-state index in [4.69, 9.17) is 10.5 Å². The molecule has 0 radical (unpaired) electrons. The maximum absolute atomic E-state index is 6.72. The first-order valence-corrected chi connectivity index (χ1v) is 7.96. The minimum Gasteiger partial charge on any atom is -0.378 e. The molecule has 0 bridgehead atoms. The van der Waals surface area contributed by atoms with E-state index in [-0.39, 0.29) is 11.0 Å². The van der Waals surface area contributed by atoms with Gasteiger partial charge >= 0.3 is 0 Å². The zero-order valence-electron chi connectivity index (χ0n) is 13.4. The summed E-state index contributed by atoms with van der Waals surface area (Å²) >= 11 is 0. The molecule has 0 aromatic carbocycles. The first-order valence-electron chi connectivity index (χ1n) is 7.96. The molecule has 19 heavy (non-hydrogen) atoms. The van der Waals surface area contributed by atoms with Gasteiger partial charge in [-0.25, -0.2) is 0 Å². The summed E-state index contributed by atoms with van der Waals surface area (Å²) in [5, 5.41) is 0. The van der Waals surface area contributed by atoms with Crippen LogP contribution in [0.5, 0.6) is 0 Å². The van der Waals surface area contributed by atoms with Gasteiger partial charge in [-0.15, -0.1) is 0 Å². The summed E-state index contributed by atoms with van der Waals surface area (Å²) in [6.45, 7) is 14.3. The molecule has 0 amide bonds. The molecule has 1 heterocycles. The van der Waals surface area contributed by atoms with Crippen molar-refractivity contribution >= 4 is 0 Å². The highest BCUT2D eigenvalue weighted by molar-refractivity contribution is 5.15. The van der Waals surface area contributed by atoms with Crippen LogP contribution in [0.4, 0.5) is 0 Å². The monoisotopic (exact) mass is 268 g/mol. The zero-order valence-corrected chi connectivity index (χ0v) is 13.4. The number of likely N-dealkylation sites (tertiary alicyclic amines) is 1. The molecule has 3 heteroatoms. The molecule has 1 aliphatic heterocycles. The normalized spacial score (nSPS) is 38.7. The number of nitrogens with two attached hydrogens (primary N) is 1. The van der Waals surface area contributed by atoms with Gasteiger partial charge < -0.3 is 10.5 Å². The van der Waals surface area contributed by atoms with Gasteiger partial charge in [0.2, 0.25) is 0 Å². The van der Waals surface area contributed by atoms with Crippen LogP contribution in [-0.2, 0) is 4.74 Å². The molecule has 2 N–H and O–H groups in total. The molecule has 3 nitrogen and oxygen atoms in total. The Balaban J connectivity index is 1.99. The van der Waals surface area contributed by atoms with E-state index in [0.29, 0.717) is 6.10 Å². The highest BCUT2D eigenvalue weighted by Crippen LogP contribution is 2.50. The summed E-state index contributed by atoms with van der Waals surface area (Å²) in [5.41, 5.74) is 6.73. The molecular formula is C16H32N2O. The number of nitrogens with zero attached hydrogens (tertiary/aromatic N) is 1. The number of hydrogen-bond acceptors (Lipinski definition) is 3. The van der Waals surface area contributed by atoms with Crippen molar-refractivity contribution in [3.8, 4) is 0 Å². The molecular weight excluding hydrogens is 236 g/mol. The van der Waals surface area contributed by atoms with Crippen LogP contribution in [0.3, 0.4) is 0 Å². The molecule has 1 saturated carbocycles. The fourth-order valence-corrected chi connectivity index (χ4v) is 3.94. The van der Waals surface area contributed by atoms with Crippen molar-refractivity contribution in [2.75, 3.05) is 19.7 Å². The predicted octanol–water partition coefficient (Wildman–Crippen LogP) is 2.64. The topological polar surface area (TPSA) is 38.5 Å². The quantitative estimate of drug-likeness (QED) is 0.833. The molecule has 1 aliphatic carbocycles. The lowest BCUT2D eigenvalue weighted by atomic mass is 9.54. The van der Waals surface area contributed by atoms with Crippen molar-refractivity contribution in [3.05, 3.63) is 0 Å². The minimum atomic E-state index is -0.0791. The first-order chi connectivity index (χ1) is 8.82. The molecule has 3 atom stereocenters. The Morgan fingerprint density at radius 3 is 2.58 bits per heavy atom. The van der Waals surface area contributed by atoms with Crippen LogP contribution < -0.4 is 5.73 Å². The number of hydrogen-bond donors (Lipinski definition) is 1. The average molecular weight is 268 g/mol. The van der Waals surface area contributed by atoms with Gasteiger partial charge in [0, 0.05) is 30.1 Å². The molecule has 0 aromatic rings. The predicted molar refractivity (Wildman–Crippen MR) is 80.2 cm³/mol. The highest BCUT2D eigenvalue weighted by Gasteiger charge is 2.59. The summed E-state index contributed by atoms with van der Waals surface area (Å²) in [6.07, 6.45) is 4.01. The van der Waals surface area contributed by atoms with Gasteiger partial charge in [-0.3, -0.25) is 4.90 Å². The molecule has 1 saturated heterocycles. The summed E-state index contributed by atoms with van der Waals surface area (Å²) in [7, 11) is 0. The summed E-state index contributed by atoms with van der Waals surface area (Å²) < 4.78 is 5.83. The van der Waals surface area contributed by atoms with Gasteiger partial charge in [-0.05, 0) is 38.6 Å². The molecule has 2 rings (SSSR count). The molecule has 0 spiro atoms. The van der Waals surface area contributed by atoms with Gasteiger partial charge in [-0.2, -0.15) is 0 Å². The standard InChI is InChI=1S/C16H32N2O/c1-6-19-14-10-16(17,15(14,4)5)11-18-9-7-8-13(18)12(2)3/h12-14H,6-11,17H2,1-5H3. The Kier molecular flexibility index (Phi) is 4.29. The summed E-state index contributed by atoms with van der Waals surface area (Å²) in [4.78, 5) is 2.63. The Hall–Kier alpha value is -0.120. The van der Waals surface area contributed by atoms with E-state index in [2.05, 4.69) is 39.5 Å². The summed E-state index contributed by atoms with van der Waals surface area (Å²) in [5.74, 6) is 0.733. The number of rotatable bonds is 5. The van der Waals surface area contributed by atoms with Gasteiger partial charge in [0.05, 0.1) is 6.10 Å². The second-order valence-corrected chi connectivity index (χ2v) is 7.45. The van der Waals surface area contributed by atoms with Gasteiger partial charge in [0.1, 0.15) is 0 Å². The van der Waals surface area contributed by atoms with E-state index in [1.165, 1.54) is 19.4 Å². The van der Waals surface area contributed by atoms with Crippen LogP contribution in [0.1, 0.15) is 53.9 Å². The van der Waals surface area contributed by atoms with Crippen LogP contribution in [-0.4, -0.2) is 42.3 Å². The van der Waals surface area contributed by atoms with Crippen molar-refractivity contribution in [1.82, 2.24) is 4.90 Å². The Labute approximate surface area is 118 Å².